The van der Waals surface area contributed by atoms with E-state index in [4.69, 9.17) is 0 Å². The van der Waals surface area contributed by atoms with Crippen LogP contribution in [0.4, 0.5) is 17.6 Å². The van der Waals surface area contributed by atoms with Gasteiger partial charge in [0.15, 0.2) is 5.78 Å². The maximum atomic E-state index is 14.5. The molecule has 0 amide bonds. The molecule has 4 aromatic rings. The number of pyridine rings is 1. The quantitative estimate of drug-likeness (QED) is 0.311. The number of aryl methyl sites for hydroxylation is 1. The Morgan fingerprint density at radius 1 is 1.06 bits per heavy atom. The second-order valence-electron chi connectivity index (χ2n) is 7.23. The number of nitrogens with zero attached hydrogens (tertiary/aromatic N) is 3. The first-order valence-corrected chi connectivity index (χ1v) is 9.46. The van der Waals surface area contributed by atoms with Crippen molar-refractivity contribution in [1.29, 1.82) is 0 Å². The summed E-state index contributed by atoms with van der Waals surface area (Å²) in [5.41, 5.74) is 1.45. The summed E-state index contributed by atoms with van der Waals surface area (Å²) in [6, 6.07) is 12.1. The highest BCUT2D eigenvalue weighted by Gasteiger charge is 2.31. The first-order valence-electron chi connectivity index (χ1n) is 9.46. The minimum Gasteiger partial charge on any atom is -0.334 e. The van der Waals surface area contributed by atoms with Crippen LogP contribution in [0.1, 0.15) is 39.5 Å². The van der Waals surface area contributed by atoms with Crippen molar-refractivity contribution in [3.8, 4) is 0 Å². The molecule has 8 heteroatoms. The summed E-state index contributed by atoms with van der Waals surface area (Å²) >= 11 is 0. The van der Waals surface area contributed by atoms with E-state index >= 15 is 0 Å². The fourth-order valence-corrected chi connectivity index (χ4v) is 3.54. The Labute approximate surface area is 175 Å². The van der Waals surface area contributed by atoms with Crippen LogP contribution in [0.5, 0.6) is 0 Å². The molecule has 2 heterocycles. The fraction of sp³-hybridized carbons (Fsp3) is 0.174. The van der Waals surface area contributed by atoms with Gasteiger partial charge in [0.1, 0.15) is 5.82 Å². The van der Waals surface area contributed by atoms with Gasteiger partial charge in [0.25, 0.3) is 0 Å². The Hall–Kier alpha value is -3.55. The first-order chi connectivity index (χ1) is 14.7. The molecule has 0 unspecified atom stereocenters. The number of imidazole rings is 1. The van der Waals surface area contributed by atoms with Crippen LogP contribution in [-0.4, -0.2) is 20.3 Å². The predicted molar refractivity (Wildman–Crippen MR) is 107 cm³/mol. The molecule has 0 bridgehead atoms. The van der Waals surface area contributed by atoms with Crippen molar-refractivity contribution in [2.75, 3.05) is 0 Å². The summed E-state index contributed by atoms with van der Waals surface area (Å²) in [6.45, 7) is 0. The molecule has 0 aliphatic rings. The Balaban J connectivity index is 1.70. The number of carbonyl (C=O) groups is 1. The number of hydrogen-bond acceptors (Lipinski definition) is 3. The molecule has 2 aromatic heterocycles. The third kappa shape index (κ3) is 4.19. The number of rotatable bonds is 5. The molecular formula is C23H17F4N3O. The number of alkyl halides is 3. The van der Waals surface area contributed by atoms with E-state index in [1.165, 1.54) is 30.5 Å². The molecule has 1 atom stereocenters. The zero-order valence-corrected chi connectivity index (χ0v) is 16.4. The standard InChI is InChI=1S/C23H17F4N3O/c1-30-13-29-19-11-15(6-9-20(19)30)21(31)12-17(22-18(24)3-2-10-28-22)14-4-7-16(8-5-14)23(25,26)27/h2-11,13,17H,12H2,1H3/t17-/m0/s1. The van der Waals surface area contributed by atoms with Crippen LogP contribution >= 0.6 is 0 Å². The van der Waals surface area contributed by atoms with Crippen LogP contribution in [0, 0.1) is 5.82 Å². The molecule has 2 aromatic carbocycles. The van der Waals surface area contributed by atoms with Crippen LogP contribution in [-0.2, 0) is 13.2 Å². The lowest BCUT2D eigenvalue weighted by atomic mass is 9.87. The number of carbonyl (C=O) groups excluding carboxylic acids is 1. The SMILES string of the molecule is Cn1cnc2cc(C(=O)C[C@@H](c3ccc(C(F)(F)F)cc3)c3ncccc3F)ccc21. The minimum absolute atomic E-state index is 0.00882. The molecule has 0 spiro atoms. The van der Waals surface area contributed by atoms with Gasteiger partial charge in [0, 0.05) is 31.1 Å². The van der Waals surface area contributed by atoms with Crippen LogP contribution in [0.3, 0.4) is 0 Å². The first kappa shape index (κ1) is 20.7. The van der Waals surface area contributed by atoms with Crippen LogP contribution in [0.15, 0.2) is 67.1 Å². The van der Waals surface area contributed by atoms with Crippen molar-refractivity contribution >= 4 is 16.8 Å². The van der Waals surface area contributed by atoms with E-state index in [1.54, 1.807) is 24.5 Å². The Kier molecular flexibility index (Phi) is 5.31. The largest absolute Gasteiger partial charge is 0.416 e. The van der Waals surface area contributed by atoms with E-state index < -0.39 is 23.5 Å². The maximum absolute atomic E-state index is 14.5. The van der Waals surface area contributed by atoms with Gasteiger partial charge in [-0.1, -0.05) is 12.1 Å². The van der Waals surface area contributed by atoms with Gasteiger partial charge in [-0.15, -0.1) is 0 Å². The van der Waals surface area contributed by atoms with Crippen molar-refractivity contribution in [2.24, 2.45) is 7.05 Å². The molecule has 4 rings (SSSR count). The van der Waals surface area contributed by atoms with E-state index in [-0.39, 0.29) is 17.9 Å². The second-order valence-corrected chi connectivity index (χ2v) is 7.23. The Bertz CT molecular complexity index is 1250. The molecule has 0 fully saturated rings. The number of benzene rings is 2. The summed E-state index contributed by atoms with van der Waals surface area (Å²) in [7, 11) is 1.83. The molecule has 0 radical (unpaired) electrons. The monoisotopic (exact) mass is 427 g/mol. The predicted octanol–water partition coefficient (Wildman–Crippen LogP) is 5.53. The van der Waals surface area contributed by atoms with Crippen molar-refractivity contribution in [2.45, 2.75) is 18.5 Å². The second kappa shape index (κ2) is 7.94. The lowest BCUT2D eigenvalue weighted by Gasteiger charge is -2.18. The lowest BCUT2D eigenvalue weighted by molar-refractivity contribution is -0.137. The summed E-state index contributed by atoms with van der Waals surface area (Å²) in [4.78, 5) is 21.3. The van der Waals surface area contributed by atoms with E-state index in [0.717, 1.165) is 17.6 Å². The van der Waals surface area contributed by atoms with Crippen molar-refractivity contribution < 1.29 is 22.4 Å². The average Bonchev–Trinajstić information content (AvgIpc) is 3.12. The summed E-state index contributed by atoms with van der Waals surface area (Å²) in [5.74, 6) is -1.75. The fourth-order valence-electron chi connectivity index (χ4n) is 3.54. The molecule has 158 valence electrons. The Morgan fingerprint density at radius 3 is 2.48 bits per heavy atom. The number of aromatic nitrogens is 3. The summed E-state index contributed by atoms with van der Waals surface area (Å²) in [5, 5.41) is 0. The number of ketones is 1. The zero-order valence-electron chi connectivity index (χ0n) is 16.4. The third-order valence-electron chi connectivity index (χ3n) is 5.19. The van der Waals surface area contributed by atoms with E-state index in [2.05, 4.69) is 9.97 Å². The highest BCUT2D eigenvalue weighted by Crippen LogP contribution is 2.34. The molecular weight excluding hydrogens is 410 g/mol. The molecule has 31 heavy (non-hydrogen) atoms. The van der Waals surface area contributed by atoms with Crippen LogP contribution in [0.2, 0.25) is 0 Å². The molecule has 0 saturated heterocycles. The van der Waals surface area contributed by atoms with Gasteiger partial charge >= 0.3 is 6.18 Å². The van der Waals surface area contributed by atoms with Gasteiger partial charge in [-0.3, -0.25) is 9.78 Å². The van der Waals surface area contributed by atoms with Crippen LogP contribution < -0.4 is 0 Å². The minimum atomic E-state index is -4.49. The number of halogens is 4. The molecule has 0 N–H and O–H groups in total. The zero-order chi connectivity index (χ0) is 22.2. The van der Waals surface area contributed by atoms with Crippen molar-refractivity contribution in [1.82, 2.24) is 14.5 Å². The number of hydrogen-bond donors (Lipinski definition) is 0. The van der Waals surface area contributed by atoms with Gasteiger partial charge in [0.05, 0.1) is 28.6 Å². The van der Waals surface area contributed by atoms with Gasteiger partial charge in [-0.05, 0) is 48.0 Å². The smallest absolute Gasteiger partial charge is 0.334 e. The van der Waals surface area contributed by atoms with E-state index in [1.807, 2.05) is 11.6 Å². The summed E-state index contributed by atoms with van der Waals surface area (Å²) < 4.78 is 55.1. The molecule has 0 aliphatic carbocycles. The van der Waals surface area contributed by atoms with Crippen LogP contribution in [0.25, 0.3) is 11.0 Å². The highest BCUT2D eigenvalue weighted by atomic mass is 19.4. The van der Waals surface area contributed by atoms with E-state index in [0.29, 0.717) is 16.6 Å². The lowest BCUT2D eigenvalue weighted by Crippen LogP contribution is -2.13. The Morgan fingerprint density at radius 2 is 1.81 bits per heavy atom. The number of fused-ring (bicyclic) bond motifs is 1. The topological polar surface area (TPSA) is 47.8 Å². The normalized spacial score (nSPS) is 12.8. The van der Waals surface area contributed by atoms with Gasteiger partial charge in [-0.25, -0.2) is 9.37 Å². The van der Waals surface area contributed by atoms with Gasteiger partial charge in [-0.2, -0.15) is 13.2 Å². The molecule has 0 aliphatic heterocycles. The highest BCUT2D eigenvalue weighted by molar-refractivity contribution is 5.99. The number of Topliss-reactive ketones (excluding diaryl/α,β-unsaturated/α-hetero) is 1. The molecule has 0 saturated carbocycles. The molecule has 4 nitrogen and oxygen atoms in total. The van der Waals surface area contributed by atoms with E-state index in [9.17, 15) is 22.4 Å². The summed E-state index contributed by atoms with van der Waals surface area (Å²) in [6.07, 6.45) is -1.62. The average molecular weight is 427 g/mol. The third-order valence-corrected chi connectivity index (χ3v) is 5.19. The van der Waals surface area contributed by atoms with Gasteiger partial charge in [0.2, 0.25) is 0 Å². The van der Waals surface area contributed by atoms with Crippen molar-refractivity contribution in [3.63, 3.8) is 0 Å². The van der Waals surface area contributed by atoms with Crippen molar-refractivity contribution in [3.05, 3.63) is 95.3 Å². The maximum Gasteiger partial charge on any atom is 0.416 e. The van der Waals surface area contributed by atoms with Gasteiger partial charge < -0.3 is 4.57 Å².